The van der Waals surface area contributed by atoms with Crippen LogP contribution in [0.25, 0.3) is 10.9 Å². The second-order valence-electron chi connectivity index (χ2n) is 6.82. The first-order valence-electron chi connectivity index (χ1n) is 9.13. The topological polar surface area (TPSA) is 67.0 Å². The number of fused-ring (bicyclic) bond motifs is 1. The Morgan fingerprint density at radius 1 is 1.23 bits per heavy atom. The van der Waals surface area contributed by atoms with Gasteiger partial charge in [-0.25, -0.2) is 0 Å². The molecule has 0 unspecified atom stereocenters. The second kappa shape index (κ2) is 7.70. The van der Waals surface area contributed by atoms with Gasteiger partial charge < -0.3 is 15.0 Å². The average molecular weight is 349 g/mol. The third kappa shape index (κ3) is 3.63. The van der Waals surface area contributed by atoms with Crippen LogP contribution < -0.4 is 5.32 Å². The third-order valence-corrected chi connectivity index (χ3v) is 5.12. The van der Waals surface area contributed by atoms with Crippen LogP contribution in [0.1, 0.15) is 30.0 Å². The van der Waals surface area contributed by atoms with Crippen molar-refractivity contribution in [2.75, 3.05) is 13.2 Å². The van der Waals surface area contributed by atoms with Gasteiger partial charge in [-0.2, -0.15) is 0 Å². The van der Waals surface area contributed by atoms with Crippen LogP contribution in [0, 0.1) is 5.92 Å². The van der Waals surface area contributed by atoms with Crippen molar-refractivity contribution in [1.29, 1.82) is 0 Å². The smallest absolute Gasteiger partial charge is 0.224 e. The van der Waals surface area contributed by atoms with Crippen LogP contribution in [0.5, 0.6) is 0 Å². The summed E-state index contributed by atoms with van der Waals surface area (Å²) in [7, 11) is 0. The van der Waals surface area contributed by atoms with Crippen molar-refractivity contribution < 1.29 is 9.53 Å². The molecule has 1 fully saturated rings. The molecule has 5 heteroatoms. The standard InChI is InChI=1S/C21H23N3O2/c25-20(12-17-14-23-19-6-2-1-5-18(17)19)24-21(15-7-10-26-11-8-15)16-4-3-9-22-13-16/h1-6,9,13-15,21,23H,7-8,10-12H2,(H,24,25)/t21-/m1/s1. The second-order valence-corrected chi connectivity index (χ2v) is 6.82. The van der Waals surface area contributed by atoms with Gasteiger partial charge in [0, 0.05) is 42.7 Å². The van der Waals surface area contributed by atoms with Gasteiger partial charge in [0.1, 0.15) is 0 Å². The minimum absolute atomic E-state index is 0.0229. The van der Waals surface area contributed by atoms with E-state index in [1.165, 1.54) is 0 Å². The van der Waals surface area contributed by atoms with Gasteiger partial charge in [-0.05, 0) is 42.0 Å². The summed E-state index contributed by atoms with van der Waals surface area (Å²) < 4.78 is 5.49. The van der Waals surface area contributed by atoms with Crippen LogP contribution in [0.4, 0.5) is 0 Å². The summed E-state index contributed by atoms with van der Waals surface area (Å²) in [5.41, 5.74) is 3.14. The highest BCUT2D eigenvalue weighted by atomic mass is 16.5. The fourth-order valence-corrected chi connectivity index (χ4v) is 3.76. The summed E-state index contributed by atoms with van der Waals surface area (Å²) in [5.74, 6) is 0.412. The molecule has 0 radical (unpaired) electrons. The van der Waals surface area contributed by atoms with E-state index in [2.05, 4.69) is 15.3 Å². The lowest BCUT2D eigenvalue weighted by Gasteiger charge is -2.31. The molecular weight excluding hydrogens is 326 g/mol. The highest BCUT2D eigenvalue weighted by Gasteiger charge is 2.27. The van der Waals surface area contributed by atoms with E-state index in [4.69, 9.17) is 4.74 Å². The maximum atomic E-state index is 12.8. The number of aromatic nitrogens is 2. The molecule has 0 saturated carbocycles. The lowest BCUT2D eigenvalue weighted by Crippen LogP contribution is -2.36. The highest BCUT2D eigenvalue weighted by Crippen LogP contribution is 2.30. The van der Waals surface area contributed by atoms with E-state index >= 15 is 0 Å². The lowest BCUT2D eigenvalue weighted by molar-refractivity contribution is -0.121. The van der Waals surface area contributed by atoms with Crippen molar-refractivity contribution in [3.05, 3.63) is 66.1 Å². The van der Waals surface area contributed by atoms with E-state index < -0.39 is 0 Å². The quantitative estimate of drug-likeness (QED) is 0.742. The zero-order valence-electron chi connectivity index (χ0n) is 14.7. The number of ether oxygens (including phenoxy) is 1. The fourth-order valence-electron chi connectivity index (χ4n) is 3.76. The average Bonchev–Trinajstić information content (AvgIpc) is 3.10. The van der Waals surface area contributed by atoms with Crippen LogP contribution in [0.3, 0.4) is 0 Å². The van der Waals surface area contributed by atoms with Crippen molar-refractivity contribution in [2.24, 2.45) is 5.92 Å². The minimum Gasteiger partial charge on any atom is -0.381 e. The van der Waals surface area contributed by atoms with Gasteiger partial charge in [-0.3, -0.25) is 9.78 Å². The molecule has 3 heterocycles. The number of aromatic amines is 1. The number of carbonyl (C=O) groups is 1. The zero-order chi connectivity index (χ0) is 17.8. The van der Waals surface area contributed by atoms with E-state index in [-0.39, 0.29) is 11.9 Å². The molecule has 0 aliphatic carbocycles. The molecule has 0 bridgehead atoms. The van der Waals surface area contributed by atoms with Crippen molar-refractivity contribution in [2.45, 2.75) is 25.3 Å². The molecule has 5 nitrogen and oxygen atoms in total. The molecule has 3 aromatic rings. The molecule has 4 rings (SSSR count). The van der Waals surface area contributed by atoms with E-state index in [1.807, 2.05) is 48.8 Å². The summed E-state index contributed by atoms with van der Waals surface area (Å²) in [6.07, 6.45) is 7.81. The highest BCUT2D eigenvalue weighted by molar-refractivity contribution is 5.89. The molecule has 1 amide bonds. The van der Waals surface area contributed by atoms with Gasteiger partial charge in [0.05, 0.1) is 12.5 Å². The van der Waals surface area contributed by atoms with Crippen molar-refractivity contribution in [3.8, 4) is 0 Å². The van der Waals surface area contributed by atoms with Crippen molar-refractivity contribution >= 4 is 16.8 Å². The molecule has 1 aliphatic rings. The number of carbonyl (C=O) groups excluding carboxylic acids is 1. The Balaban J connectivity index is 1.52. The van der Waals surface area contributed by atoms with E-state index in [9.17, 15) is 4.79 Å². The molecule has 134 valence electrons. The number of hydrogen-bond acceptors (Lipinski definition) is 3. The molecule has 0 spiro atoms. The number of hydrogen-bond donors (Lipinski definition) is 2. The normalized spacial score (nSPS) is 16.5. The van der Waals surface area contributed by atoms with Gasteiger partial charge in [0.25, 0.3) is 0 Å². The Kier molecular flexibility index (Phi) is 4.97. The SMILES string of the molecule is O=C(Cc1c[nH]c2ccccc12)N[C@@H](c1cccnc1)C1CCOCC1. The van der Waals surface area contributed by atoms with E-state index in [1.54, 1.807) is 6.20 Å². The Hall–Kier alpha value is -2.66. The summed E-state index contributed by atoms with van der Waals surface area (Å²) in [6.45, 7) is 1.50. The van der Waals surface area contributed by atoms with Crippen molar-refractivity contribution in [1.82, 2.24) is 15.3 Å². The Morgan fingerprint density at radius 3 is 2.88 bits per heavy atom. The number of nitrogens with zero attached hydrogens (tertiary/aromatic N) is 1. The minimum atomic E-state index is -0.0229. The molecule has 2 aromatic heterocycles. The first kappa shape index (κ1) is 16.8. The van der Waals surface area contributed by atoms with Crippen LogP contribution in [-0.4, -0.2) is 29.1 Å². The van der Waals surface area contributed by atoms with Crippen LogP contribution in [0.2, 0.25) is 0 Å². The van der Waals surface area contributed by atoms with Crippen LogP contribution >= 0.6 is 0 Å². The number of benzene rings is 1. The first-order chi connectivity index (χ1) is 12.8. The monoisotopic (exact) mass is 349 g/mol. The maximum Gasteiger partial charge on any atom is 0.224 e. The first-order valence-corrected chi connectivity index (χ1v) is 9.13. The number of rotatable bonds is 5. The van der Waals surface area contributed by atoms with E-state index in [0.717, 1.165) is 48.1 Å². The largest absolute Gasteiger partial charge is 0.381 e. The summed E-state index contributed by atoms with van der Waals surface area (Å²) in [4.78, 5) is 20.3. The number of amides is 1. The molecule has 1 aliphatic heterocycles. The molecule has 2 N–H and O–H groups in total. The Labute approximate surface area is 152 Å². The zero-order valence-corrected chi connectivity index (χ0v) is 14.7. The van der Waals surface area contributed by atoms with Gasteiger partial charge in [0.15, 0.2) is 0 Å². The Morgan fingerprint density at radius 2 is 2.08 bits per heavy atom. The van der Waals surface area contributed by atoms with Crippen LogP contribution in [-0.2, 0) is 16.0 Å². The lowest BCUT2D eigenvalue weighted by atomic mass is 9.87. The van der Waals surface area contributed by atoms with Gasteiger partial charge >= 0.3 is 0 Å². The molecule has 1 saturated heterocycles. The number of pyridine rings is 1. The summed E-state index contributed by atoms with van der Waals surface area (Å²) >= 11 is 0. The predicted molar refractivity (Wildman–Crippen MR) is 101 cm³/mol. The summed E-state index contributed by atoms with van der Waals surface area (Å²) in [6, 6.07) is 12.0. The van der Waals surface area contributed by atoms with E-state index in [0.29, 0.717) is 12.3 Å². The van der Waals surface area contributed by atoms with Crippen LogP contribution in [0.15, 0.2) is 55.0 Å². The fraction of sp³-hybridized carbons (Fsp3) is 0.333. The van der Waals surface area contributed by atoms with Gasteiger partial charge in [-0.1, -0.05) is 24.3 Å². The number of para-hydroxylation sites is 1. The predicted octanol–water partition coefficient (Wildman–Crippen LogP) is 3.39. The van der Waals surface area contributed by atoms with Gasteiger partial charge in [0.2, 0.25) is 5.91 Å². The maximum absolute atomic E-state index is 12.8. The number of H-pyrrole nitrogens is 1. The molecular formula is C21H23N3O2. The third-order valence-electron chi connectivity index (χ3n) is 5.12. The van der Waals surface area contributed by atoms with Gasteiger partial charge in [-0.15, -0.1) is 0 Å². The van der Waals surface area contributed by atoms with Crippen molar-refractivity contribution in [3.63, 3.8) is 0 Å². The molecule has 1 atom stereocenters. The molecule has 26 heavy (non-hydrogen) atoms. The number of nitrogens with one attached hydrogen (secondary N) is 2. The molecule has 1 aromatic carbocycles. The Bertz CT molecular complexity index is 869. The summed E-state index contributed by atoms with van der Waals surface area (Å²) in [5, 5.41) is 4.36.